The number of benzene rings is 1. The third-order valence-corrected chi connectivity index (χ3v) is 4.69. The predicted octanol–water partition coefficient (Wildman–Crippen LogP) is 2.95. The Morgan fingerprint density at radius 2 is 1.62 bits per heavy atom. The fourth-order valence-corrected chi connectivity index (χ4v) is 3.05. The molecule has 1 aliphatic heterocycles. The largest absolute Gasteiger partial charge is 0.347 e. The normalized spacial score (nSPS) is 17.6. The molecule has 1 heterocycles. The van der Waals surface area contributed by atoms with Crippen molar-refractivity contribution in [2.75, 3.05) is 6.54 Å². The summed E-state index contributed by atoms with van der Waals surface area (Å²) in [7, 11) is 0. The van der Waals surface area contributed by atoms with Crippen molar-refractivity contribution in [3.8, 4) is 0 Å². The summed E-state index contributed by atoms with van der Waals surface area (Å²) in [5.74, 6) is -0.125. The van der Waals surface area contributed by atoms with Crippen LogP contribution in [0.2, 0.25) is 0 Å². The Labute approximate surface area is 155 Å². The molecule has 0 spiro atoms. The van der Waals surface area contributed by atoms with Gasteiger partial charge in [-0.15, -0.1) is 0 Å². The minimum Gasteiger partial charge on any atom is -0.347 e. The second kappa shape index (κ2) is 7.48. The molecule has 1 aromatic rings. The molecule has 2 rings (SSSR count). The molecular formula is C20H29N3O3. The number of imide groups is 1. The van der Waals surface area contributed by atoms with E-state index in [2.05, 4.69) is 36.6 Å². The molecule has 1 saturated heterocycles. The maximum atomic E-state index is 12.5. The fourth-order valence-electron chi connectivity index (χ4n) is 3.05. The molecule has 0 saturated carbocycles. The third-order valence-electron chi connectivity index (χ3n) is 4.69. The highest BCUT2D eigenvalue weighted by Gasteiger charge is 2.45. The van der Waals surface area contributed by atoms with Crippen molar-refractivity contribution < 1.29 is 14.4 Å². The van der Waals surface area contributed by atoms with Crippen molar-refractivity contribution in [3.05, 3.63) is 35.4 Å². The summed E-state index contributed by atoms with van der Waals surface area (Å²) >= 11 is 0. The van der Waals surface area contributed by atoms with Crippen LogP contribution in [0.5, 0.6) is 0 Å². The summed E-state index contributed by atoms with van der Waals surface area (Å²) in [6.45, 7) is 11.3. The van der Waals surface area contributed by atoms with Crippen molar-refractivity contribution in [3.63, 3.8) is 0 Å². The van der Waals surface area contributed by atoms with Crippen LogP contribution >= 0.6 is 0 Å². The first-order valence-corrected chi connectivity index (χ1v) is 9.06. The van der Waals surface area contributed by atoms with Crippen LogP contribution in [0.15, 0.2) is 24.3 Å². The Hall–Kier alpha value is -2.37. The van der Waals surface area contributed by atoms with Gasteiger partial charge in [-0.3, -0.25) is 14.5 Å². The topological polar surface area (TPSA) is 78.5 Å². The van der Waals surface area contributed by atoms with Crippen molar-refractivity contribution in [2.24, 2.45) is 5.92 Å². The van der Waals surface area contributed by atoms with E-state index in [4.69, 9.17) is 0 Å². The number of carbonyl (C=O) groups is 3. The van der Waals surface area contributed by atoms with Crippen LogP contribution in [-0.4, -0.2) is 34.8 Å². The highest BCUT2D eigenvalue weighted by Crippen LogP contribution is 2.24. The highest BCUT2D eigenvalue weighted by atomic mass is 16.2. The number of carbonyl (C=O) groups excluding carboxylic acids is 3. The van der Waals surface area contributed by atoms with E-state index >= 15 is 0 Å². The zero-order valence-corrected chi connectivity index (χ0v) is 16.4. The van der Waals surface area contributed by atoms with E-state index in [1.165, 1.54) is 5.56 Å². The molecule has 0 aromatic heterocycles. The van der Waals surface area contributed by atoms with Gasteiger partial charge in [0.2, 0.25) is 5.91 Å². The lowest BCUT2D eigenvalue weighted by Gasteiger charge is -2.24. The summed E-state index contributed by atoms with van der Waals surface area (Å²) in [6, 6.07) is 7.48. The smallest absolute Gasteiger partial charge is 0.325 e. The molecule has 26 heavy (non-hydrogen) atoms. The Morgan fingerprint density at radius 3 is 2.04 bits per heavy atom. The van der Waals surface area contributed by atoms with Crippen LogP contribution < -0.4 is 10.6 Å². The molecule has 1 fully saturated rings. The van der Waals surface area contributed by atoms with E-state index in [0.717, 1.165) is 10.5 Å². The molecular weight excluding hydrogens is 330 g/mol. The zero-order valence-electron chi connectivity index (χ0n) is 16.4. The van der Waals surface area contributed by atoms with Gasteiger partial charge >= 0.3 is 6.03 Å². The monoisotopic (exact) mass is 359 g/mol. The molecule has 1 aromatic carbocycles. The molecule has 0 unspecified atom stereocenters. The predicted molar refractivity (Wildman–Crippen MR) is 101 cm³/mol. The Bertz CT molecular complexity index is 693. The lowest BCUT2D eigenvalue weighted by atomic mass is 9.93. The minimum atomic E-state index is -0.971. The summed E-state index contributed by atoms with van der Waals surface area (Å²) in [5.41, 5.74) is 1.28. The Kier molecular flexibility index (Phi) is 5.74. The van der Waals surface area contributed by atoms with Crippen molar-refractivity contribution in [1.82, 2.24) is 15.5 Å². The number of hydrogen-bond acceptors (Lipinski definition) is 3. The number of amides is 4. The summed E-state index contributed by atoms with van der Waals surface area (Å²) in [5, 5.41) is 5.54. The maximum absolute atomic E-state index is 12.5. The van der Waals surface area contributed by atoms with E-state index < -0.39 is 11.6 Å². The van der Waals surface area contributed by atoms with Gasteiger partial charge in [0, 0.05) is 0 Å². The van der Waals surface area contributed by atoms with E-state index in [0.29, 0.717) is 5.92 Å². The number of urea groups is 1. The van der Waals surface area contributed by atoms with Crippen LogP contribution in [0.3, 0.4) is 0 Å². The zero-order chi connectivity index (χ0) is 19.6. The van der Waals surface area contributed by atoms with Gasteiger partial charge in [0.15, 0.2) is 0 Å². The van der Waals surface area contributed by atoms with Crippen LogP contribution in [-0.2, 0) is 9.59 Å². The fraction of sp³-hybridized carbons (Fsp3) is 0.550. The molecule has 1 atom stereocenters. The molecule has 0 radical (unpaired) electrons. The van der Waals surface area contributed by atoms with E-state index in [1.807, 2.05) is 26.0 Å². The standard InChI is InChI=1S/C20H29N3O3/c1-12(2)14-7-9-15(10-8-14)17(13(3)4)21-16(24)11-23-18(25)20(5,6)22-19(23)26/h7-10,12-13,17H,11H2,1-6H3,(H,21,24)(H,22,26)/t17-/m0/s1. The van der Waals surface area contributed by atoms with Crippen LogP contribution in [0.25, 0.3) is 0 Å². The first kappa shape index (κ1) is 19.9. The third kappa shape index (κ3) is 4.23. The Balaban J connectivity index is 2.09. The molecule has 4 amide bonds. The van der Waals surface area contributed by atoms with Crippen molar-refractivity contribution in [2.45, 2.75) is 59.0 Å². The van der Waals surface area contributed by atoms with E-state index in [9.17, 15) is 14.4 Å². The quantitative estimate of drug-likeness (QED) is 0.767. The molecule has 0 bridgehead atoms. The maximum Gasteiger partial charge on any atom is 0.325 e. The average Bonchev–Trinajstić information content (AvgIpc) is 2.74. The summed E-state index contributed by atoms with van der Waals surface area (Å²) < 4.78 is 0. The molecule has 0 aliphatic carbocycles. The average molecular weight is 359 g/mol. The van der Waals surface area contributed by atoms with Gasteiger partial charge in [0.25, 0.3) is 5.91 Å². The number of rotatable bonds is 6. The van der Waals surface area contributed by atoms with Crippen molar-refractivity contribution in [1.29, 1.82) is 0 Å². The lowest BCUT2D eigenvalue weighted by molar-refractivity contribution is -0.134. The van der Waals surface area contributed by atoms with Gasteiger partial charge in [-0.05, 0) is 36.8 Å². The molecule has 6 nitrogen and oxygen atoms in total. The lowest BCUT2D eigenvalue weighted by Crippen LogP contribution is -2.44. The van der Waals surface area contributed by atoms with Gasteiger partial charge in [-0.2, -0.15) is 0 Å². The summed E-state index contributed by atoms with van der Waals surface area (Å²) in [6.07, 6.45) is 0. The summed E-state index contributed by atoms with van der Waals surface area (Å²) in [4.78, 5) is 37.6. The SMILES string of the molecule is CC(C)c1ccc([C@@H](NC(=O)CN2C(=O)NC(C)(C)C2=O)C(C)C)cc1. The van der Waals surface area contributed by atoms with Crippen LogP contribution in [0, 0.1) is 5.92 Å². The number of hydrogen-bond donors (Lipinski definition) is 2. The van der Waals surface area contributed by atoms with Gasteiger partial charge in [-0.1, -0.05) is 52.0 Å². The minimum absolute atomic E-state index is 0.170. The molecule has 142 valence electrons. The second-order valence-electron chi connectivity index (χ2n) is 8.06. The Morgan fingerprint density at radius 1 is 1.08 bits per heavy atom. The van der Waals surface area contributed by atoms with Gasteiger partial charge < -0.3 is 10.6 Å². The molecule has 2 N–H and O–H groups in total. The van der Waals surface area contributed by atoms with Gasteiger partial charge in [0.1, 0.15) is 12.1 Å². The number of nitrogens with zero attached hydrogens (tertiary/aromatic N) is 1. The van der Waals surface area contributed by atoms with Crippen molar-refractivity contribution >= 4 is 17.8 Å². The van der Waals surface area contributed by atoms with Crippen LogP contribution in [0.4, 0.5) is 4.79 Å². The first-order valence-electron chi connectivity index (χ1n) is 9.06. The first-order chi connectivity index (χ1) is 12.0. The second-order valence-corrected chi connectivity index (χ2v) is 8.06. The van der Waals surface area contributed by atoms with E-state index in [-0.39, 0.29) is 30.3 Å². The molecule has 1 aliphatic rings. The number of nitrogens with one attached hydrogen (secondary N) is 2. The van der Waals surface area contributed by atoms with E-state index in [1.54, 1.807) is 13.8 Å². The van der Waals surface area contributed by atoms with Gasteiger partial charge in [0.05, 0.1) is 6.04 Å². The highest BCUT2D eigenvalue weighted by molar-refractivity contribution is 6.08. The van der Waals surface area contributed by atoms with Gasteiger partial charge in [-0.25, -0.2) is 4.79 Å². The molecule has 6 heteroatoms. The van der Waals surface area contributed by atoms with Crippen LogP contribution in [0.1, 0.15) is 64.6 Å².